The fraction of sp³-hybridized carbons (Fsp3) is 0.500. The third-order valence-corrected chi connectivity index (χ3v) is 5.91. The van der Waals surface area contributed by atoms with Gasteiger partial charge in [0.05, 0.1) is 0 Å². The molecule has 1 saturated carbocycles. The third-order valence-electron chi connectivity index (χ3n) is 3.82. The van der Waals surface area contributed by atoms with E-state index in [0.29, 0.717) is 20.9 Å². The number of amides is 1. The number of hydrogen-bond acceptors (Lipinski definition) is 7. The van der Waals surface area contributed by atoms with E-state index in [4.69, 9.17) is 0 Å². The topological polar surface area (TPSA) is 90.1 Å². The van der Waals surface area contributed by atoms with Gasteiger partial charge in [-0.2, -0.15) is 0 Å². The fourth-order valence-electron chi connectivity index (χ4n) is 2.29. The summed E-state index contributed by atoms with van der Waals surface area (Å²) in [6, 6.07) is 1.69. The Labute approximate surface area is 146 Å². The maximum absolute atomic E-state index is 11.9. The quantitative estimate of drug-likeness (QED) is 0.572. The van der Waals surface area contributed by atoms with E-state index >= 15 is 0 Å². The maximum atomic E-state index is 11.9. The zero-order valence-electron chi connectivity index (χ0n) is 13.6. The average molecular weight is 367 g/mol. The smallest absolute Gasteiger partial charge is 0.300 e. The molecule has 2 heterocycles. The van der Waals surface area contributed by atoms with Gasteiger partial charge in [0, 0.05) is 44.6 Å². The molecule has 1 fully saturated rings. The van der Waals surface area contributed by atoms with Gasteiger partial charge in [-0.1, -0.05) is 23.1 Å². The van der Waals surface area contributed by atoms with Crippen molar-refractivity contribution < 1.29 is 4.79 Å². The normalized spacial score (nSPS) is 14.0. The minimum atomic E-state index is -0.354. The van der Waals surface area contributed by atoms with Crippen molar-refractivity contribution in [2.45, 2.75) is 35.9 Å². The van der Waals surface area contributed by atoms with E-state index in [1.54, 1.807) is 11.9 Å². The van der Waals surface area contributed by atoms with Crippen LogP contribution in [0.3, 0.4) is 0 Å². The van der Waals surface area contributed by atoms with Crippen LogP contribution in [0, 0.1) is 0 Å². The van der Waals surface area contributed by atoms with Crippen molar-refractivity contribution in [1.82, 2.24) is 19.3 Å². The van der Waals surface area contributed by atoms with Gasteiger partial charge in [-0.05, 0) is 12.8 Å². The highest BCUT2D eigenvalue weighted by molar-refractivity contribution is 8.00. The van der Waals surface area contributed by atoms with Crippen molar-refractivity contribution >= 4 is 34.1 Å². The number of thioether (sulfide) groups is 1. The molecule has 10 heteroatoms. The molecule has 0 unspecified atom stereocenters. The van der Waals surface area contributed by atoms with Gasteiger partial charge >= 0.3 is 5.69 Å². The molecule has 2 aromatic heterocycles. The molecule has 0 aromatic carbocycles. The first-order valence-corrected chi connectivity index (χ1v) is 9.20. The van der Waals surface area contributed by atoms with E-state index in [-0.39, 0.29) is 23.2 Å². The Kier molecular flexibility index (Phi) is 4.59. The Morgan fingerprint density at radius 2 is 2.04 bits per heavy atom. The Hall–Kier alpha value is -1.94. The number of hydrogen-bond donors (Lipinski definition) is 0. The van der Waals surface area contributed by atoms with Crippen LogP contribution in [-0.4, -0.2) is 31.3 Å². The maximum Gasteiger partial charge on any atom is 0.330 e. The Bertz CT molecular complexity index is 897. The lowest BCUT2D eigenvalue weighted by atomic mass is 10.4. The van der Waals surface area contributed by atoms with Gasteiger partial charge < -0.3 is 0 Å². The molecular formula is C14H17N5O3S2. The Balaban J connectivity index is 1.76. The summed E-state index contributed by atoms with van der Waals surface area (Å²) < 4.78 is 3.21. The summed E-state index contributed by atoms with van der Waals surface area (Å²) in [6.07, 6.45) is 1.99. The van der Waals surface area contributed by atoms with Crippen molar-refractivity contribution in [2.24, 2.45) is 14.1 Å². The fourth-order valence-corrected chi connectivity index (χ4v) is 4.27. The van der Waals surface area contributed by atoms with E-state index in [9.17, 15) is 14.4 Å². The second kappa shape index (κ2) is 6.52. The standard InChI is InChI=1S/C14H17N5O3S2/c1-8(20)19(9-4-5-9)12-15-16-13(24-12)23-7-10-6-11(21)18(3)14(22)17(10)2/h6,9H,4-5,7H2,1-3H3. The largest absolute Gasteiger partial charge is 0.330 e. The SMILES string of the molecule is CC(=O)N(c1nnc(SCc2cc(=O)n(C)c(=O)n2C)s1)C1CC1. The molecule has 1 aliphatic carbocycles. The molecule has 0 aliphatic heterocycles. The predicted octanol–water partition coefficient (Wildman–Crippen LogP) is 0.743. The van der Waals surface area contributed by atoms with Crippen LogP contribution in [0.25, 0.3) is 0 Å². The number of aromatic nitrogens is 4. The molecule has 0 radical (unpaired) electrons. The molecule has 1 aliphatic rings. The second-order valence-corrected chi connectivity index (χ2v) is 7.81. The molecule has 0 atom stereocenters. The minimum absolute atomic E-state index is 0.0286. The molecule has 128 valence electrons. The van der Waals surface area contributed by atoms with Crippen LogP contribution < -0.4 is 16.1 Å². The average Bonchev–Trinajstić information content (AvgIpc) is 3.25. The lowest BCUT2D eigenvalue weighted by Gasteiger charge is -2.15. The molecule has 1 amide bonds. The summed E-state index contributed by atoms with van der Waals surface area (Å²) in [4.78, 5) is 37.1. The van der Waals surface area contributed by atoms with E-state index in [1.807, 2.05) is 0 Å². The summed E-state index contributed by atoms with van der Waals surface area (Å²) in [7, 11) is 3.08. The van der Waals surface area contributed by atoms with Crippen LogP contribution in [0.5, 0.6) is 0 Å². The zero-order chi connectivity index (χ0) is 17.4. The molecular weight excluding hydrogens is 350 g/mol. The Morgan fingerprint density at radius 3 is 2.67 bits per heavy atom. The number of nitrogens with zero attached hydrogens (tertiary/aromatic N) is 5. The highest BCUT2D eigenvalue weighted by atomic mass is 32.2. The van der Waals surface area contributed by atoms with Gasteiger partial charge in [0.15, 0.2) is 4.34 Å². The molecule has 0 spiro atoms. The highest BCUT2D eigenvalue weighted by Crippen LogP contribution is 2.36. The molecule has 8 nitrogen and oxygen atoms in total. The number of anilines is 1. The van der Waals surface area contributed by atoms with Gasteiger partial charge in [0.25, 0.3) is 5.56 Å². The summed E-state index contributed by atoms with van der Waals surface area (Å²) >= 11 is 2.74. The third kappa shape index (κ3) is 3.29. The number of carbonyl (C=O) groups is 1. The van der Waals surface area contributed by atoms with Crippen LogP contribution in [0.1, 0.15) is 25.5 Å². The first kappa shape index (κ1) is 16.9. The predicted molar refractivity (Wildman–Crippen MR) is 92.6 cm³/mol. The van der Waals surface area contributed by atoms with Crippen LogP contribution in [0.4, 0.5) is 5.13 Å². The molecule has 0 N–H and O–H groups in total. The number of rotatable bonds is 5. The van der Waals surface area contributed by atoms with Crippen LogP contribution in [-0.2, 0) is 24.6 Å². The van der Waals surface area contributed by atoms with Gasteiger partial charge in [-0.3, -0.25) is 23.6 Å². The van der Waals surface area contributed by atoms with E-state index < -0.39 is 0 Å². The van der Waals surface area contributed by atoms with E-state index in [1.165, 1.54) is 47.7 Å². The monoisotopic (exact) mass is 367 g/mol. The van der Waals surface area contributed by atoms with Crippen molar-refractivity contribution in [2.75, 3.05) is 4.90 Å². The van der Waals surface area contributed by atoms with Gasteiger partial charge in [-0.15, -0.1) is 10.2 Å². The van der Waals surface area contributed by atoms with Gasteiger partial charge in [0.1, 0.15) is 0 Å². The van der Waals surface area contributed by atoms with Crippen molar-refractivity contribution in [3.05, 3.63) is 32.6 Å². The van der Waals surface area contributed by atoms with Gasteiger partial charge in [-0.25, -0.2) is 4.79 Å². The van der Waals surface area contributed by atoms with E-state index in [0.717, 1.165) is 17.4 Å². The number of carbonyl (C=O) groups excluding carboxylic acids is 1. The lowest BCUT2D eigenvalue weighted by Crippen LogP contribution is -2.37. The summed E-state index contributed by atoms with van der Waals surface area (Å²) in [5, 5.41) is 8.81. The van der Waals surface area contributed by atoms with Crippen LogP contribution >= 0.6 is 23.1 Å². The van der Waals surface area contributed by atoms with Crippen molar-refractivity contribution in [1.29, 1.82) is 0 Å². The van der Waals surface area contributed by atoms with Crippen LogP contribution in [0.2, 0.25) is 0 Å². The van der Waals surface area contributed by atoms with Crippen LogP contribution in [0.15, 0.2) is 20.0 Å². The minimum Gasteiger partial charge on any atom is -0.300 e. The molecule has 0 saturated heterocycles. The lowest BCUT2D eigenvalue weighted by molar-refractivity contribution is -0.116. The zero-order valence-corrected chi connectivity index (χ0v) is 15.2. The highest BCUT2D eigenvalue weighted by Gasteiger charge is 2.34. The molecule has 3 rings (SSSR count). The summed E-state index contributed by atoms with van der Waals surface area (Å²) in [5.74, 6) is 0.402. The van der Waals surface area contributed by atoms with Crippen molar-refractivity contribution in [3.8, 4) is 0 Å². The second-order valence-electron chi connectivity index (χ2n) is 5.63. The van der Waals surface area contributed by atoms with Crippen molar-refractivity contribution in [3.63, 3.8) is 0 Å². The summed E-state index contributed by atoms with van der Waals surface area (Å²) in [5.41, 5.74) is -0.0638. The first-order valence-electron chi connectivity index (χ1n) is 7.40. The summed E-state index contributed by atoms with van der Waals surface area (Å²) in [6.45, 7) is 1.53. The first-order chi connectivity index (χ1) is 11.4. The van der Waals surface area contributed by atoms with E-state index in [2.05, 4.69) is 10.2 Å². The molecule has 24 heavy (non-hydrogen) atoms. The molecule has 0 bridgehead atoms. The van der Waals surface area contributed by atoms with Gasteiger partial charge in [0.2, 0.25) is 11.0 Å². The molecule has 2 aromatic rings. The Morgan fingerprint density at radius 1 is 1.33 bits per heavy atom.